The number of carbonyl (C=O) groups excluding carboxylic acids is 1. The Labute approximate surface area is 147 Å². The summed E-state index contributed by atoms with van der Waals surface area (Å²) in [6, 6.07) is 13.6. The van der Waals surface area contributed by atoms with Gasteiger partial charge in [-0.15, -0.1) is 0 Å². The standard InChI is InChI=1S/C20H21N3O2/c1-4-15-9-7-8-13(2)19(15)23-18(24)12-25-20-14(3)21-16-10-5-6-11-17(16)22-20/h5-11H,4,12H2,1-3H3,(H,23,24). The lowest BCUT2D eigenvalue weighted by atomic mass is 10.1. The van der Waals surface area contributed by atoms with Gasteiger partial charge in [0.05, 0.1) is 11.0 Å². The van der Waals surface area contributed by atoms with Gasteiger partial charge in [0, 0.05) is 5.69 Å². The zero-order chi connectivity index (χ0) is 17.8. The number of carbonyl (C=O) groups is 1. The Morgan fingerprint density at radius 1 is 1.04 bits per heavy atom. The molecule has 0 bridgehead atoms. The van der Waals surface area contributed by atoms with E-state index in [9.17, 15) is 4.79 Å². The van der Waals surface area contributed by atoms with Crippen LogP contribution in [-0.4, -0.2) is 22.5 Å². The lowest BCUT2D eigenvalue weighted by Crippen LogP contribution is -2.22. The summed E-state index contributed by atoms with van der Waals surface area (Å²) in [4.78, 5) is 21.2. The highest BCUT2D eigenvalue weighted by Gasteiger charge is 2.12. The first kappa shape index (κ1) is 16.9. The summed E-state index contributed by atoms with van der Waals surface area (Å²) in [6.45, 7) is 5.76. The van der Waals surface area contributed by atoms with Crippen molar-refractivity contribution in [3.63, 3.8) is 0 Å². The van der Waals surface area contributed by atoms with E-state index in [0.717, 1.165) is 34.3 Å². The molecule has 1 N–H and O–H groups in total. The number of hydrogen-bond donors (Lipinski definition) is 1. The van der Waals surface area contributed by atoms with Crippen molar-refractivity contribution in [2.75, 3.05) is 11.9 Å². The molecule has 0 aliphatic rings. The second-order valence-corrected chi connectivity index (χ2v) is 5.90. The lowest BCUT2D eigenvalue weighted by Gasteiger charge is -2.13. The highest BCUT2D eigenvalue weighted by Crippen LogP contribution is 2.21. The normalized spacial score (nSPS) is 10.7. The number of anilines is 1. The molecule has 0 atom stereocenters. The van der Waals surface area contributed by atoms with Crippen LogP contribution in [0.5, 0.6) is 5.88 Å². The van der Waals surface area contributed by atoms with Gasteiger partial charge in [0.15, 0.2) is 6.61 Å². The van der Waals surface area contributed by atoms with Crippen LogP contribution >= 0.6 is 0 Å². The van der Waals surface area contributed by atoms with E-state index in [1.54, 1.807) is 0 Å². The molecule has 0 saturated carbocycles. The number of benzene rings is 2. The summed E-state index contributed by atoms with van der Waals surface area (Å²) in [5, 5.41) is 2.94. The second kappa shape index (κ2) is 7.30. The van der Waals surface area contributed by atoms with Crippen LogP contribution < -0.4 is 10.1 Å². The van der Waals surface area contributed by atoms with E-state index in [-0.39, 0.29) is 12.5 Å². The molecule has 2 aromatic carbocycles. The van der Waals surface area contributed by atoms with Gasteiger partial charge in [0.1, 0.15) is 5.69 Å². The summed E-state index contributed by atoms with van der Waals surface area (Å²) in [6.07, 6.45) is 0.855. The average Bonchev–Trinajstić information content (AvgIpc) is 2.61. The van der Waals surface area contributed by atoms with Crippen molar-refractivity contribution < 1.29 is 9.53 Å². The van der Waals surface area contributed by atoms with Crippen molar-refractivity contribution in [2.45, 2.75) is 27.2 Å². The molecular weight excluding hydrogens is 314 g/mol. The zero-order valence-electron chi connectivity index (χ0n) is 14.7. The average molecular weight is 335 g/mol. The third kappa shape index (κ3) is 3.76. The molecule has 3 aromatic rings. The monoisotopic (exact) mass is 335 g/mol. The highest BCUT2D eigenvalue weighted by molar-refractivity contribution is 5.93. The largest absolute Gasteiger partial charge is 0.466 e. The number of rotatable bonds is 5. The van der Waals surface area contributed by atoms with E-state index in [1.807, 2.05) is 56.3 Å². The minimum atomic E-state index is -0.210. The minimum absolute atomic E-state index is 0.106. The lowest BCUT2D eigenvalue weighted by molar-refractivity contribution is -0.118. The van der Waals surface area contributed by atoms with E-state index in [2.05, 4.69) is 22.2 Å². The first-order valence-corrected chi connectivity index (χ1v) is 8.33. The Balaban J connectivity index is 1.72. The third-order valence-electron chi connectivity index (χ3n) is 4.05. The number of amides is 1. The molecule has 0 saturated heterocycles. The van der Waals surface area contributed by atoms with E-state index in [4.69, 9.17) is 4.74 Å². The van der Waals surface area contributed by atoms with Crippen LogP contribution in [0.3, 0.4) is 0 Å². The minimum Gasteiger partial charge on any atom is -0.466 e. The van der Waals surface area contributed by atoms with E-state index in [0.29, 0.717) is 11.6 Å². The van der Waals surface area contributed by atoms with Crippen molar-refractivity contribution in [1.29, 1.82) is 0 Å². The van der Waals surface area contributed by atoms with Crippen molar-refractivity contribution in [1.82, 2.24) is 9.97 Å². The fourth-order valence-corrected chi connectivity index (χ4v) is 2.72. The Morgan fingerprint density at radius 3 is 2.48 bits per heavy atom. The smallest absolute Gasteiger partial charge is 0.262 e. The Hall–Kier alpha value is -2.95. The molecular formula is C20H21N3O2. The van der Waals surface area contributed by atoms with E-state index >= 15 is 0 Å². The molecule has 0 radical (unpaired) electrons. The van der Waals surface area contributed by atoms with Crippen molar-refractivity contribution in [3.05, 3.63) is 59.3 Å². The van der Waals surface area contributed by atoms with Gasteiger partial charge >= 0.3 is 0 Å². The van der Waals surface area contributed by atoms with Crippen LogP contribution in [-0.2, 0) is 11.2 Å². The number of nitrogens with zero attached hydrogens (tertiary/aromatic N) is 2. The summed E-state index contributed by atoms with van der Waals surface area (Å²) in [5.41, 5.74) is 5.22. The molecule has 1 aromatic heterocycles. The molecule has 0 aliphatic heterocycles. The van der Waals surface area contributed by atoms with Gasteiger partial charge in [-0.05, 0) is 43.5 Å². The number of aromatic nitrogens is 2. The highest BCUT2D eigenvalue weighted by atomic mass is 16.5. The number of fused-ring (bicyclic) bond motifs is 1. The third-order valence-corrected chi connectivity index (χ3v) is 4.05. The maximum absolute atomic E-state index is 12.3. The summed E-state index contributed by atoms with van der Waals surface area (Å²) in [5.74, 6) is 0.174. The van der Waals surface area contributed by atoms with Crippen LogP contribution in [0.15, 0.2) is 42.5 Å². The topological polar surface area (TPSA) is 64.1 Å². The van der Waals surface area contributed by atoms with Gasteiger partial charge in [0.2, 0.25) is 5.88 Å². The van der Waals surface area contributed by atoms with Gasteiger partial charge in [0.25, 0.3) is 5.91 Å². The number of para-hydroxylation sites is 3. The molecule has 3 rings (SSSR count). The summed E-state index contributed by atoms with van der Waals surface area (Å²) >= 11 is 0. The Morgan fingerprint density at radius 2 is 1.76 bits per heavy atom. The van der Waals surface area contributed by atoms with Crippen molar-refractivity contribution in [2.24, 2.45) is 0 Å². The molecule has 1 heterocycles. The van der Waals surface area contributed by atoms with Crippen LogP contribution in [0.4, 0.5) is 5.69 Å². The fourth-order valence-electron chi connectivity index (χ4n) is 2.72. The van der Waals surface area contributed by atoms with Gasteiger partial charge < -0.3 is 10.1 Å². The van der Waals surface area contributed by atoms with Crippen molar-refractivity contribution in [3.8, 4) is 5.88 Å². The number of hydrogen-bond acceptors (Lipinski definition) is 4. The Kier molecular flexibility index (Phi) is 4.93. The van der Waals surface area contributed by atoms with Crippen molar-refractivity contribution >= 4 is 22.6 Å². The predicted molar refractivity (Wildman–Crippen MR) is 99.0 cm³/mol. The fraction of sp³-hybridized carbons (Fsp3) is 0.250. The van der Waals surface area contributed by atoms with Crippen LogP contribution in [0.1, 0.15) is 23.7 Å². The van der Waals surface area contributed by atoms with Crippen LogP contribution in [0.25, 0.3) is 11.0 Å². The first-order chi connectivity index (χ1) is 12.1. The van der Waals surface area contributed by atoms with Gasteiger partial charge in [-0.25, -0.2) is 9.97 Å². The molecule has 5 nitrogen and oxygen atoms in total. The number of nitrogens with one attached hydrogen (secondary N) is 1. The van der Waals surface area contributed by atoms with Gasteiger partial charge in [-0.1, -0.05) is 37.3 Å². The molecule has 0 aliphatic carbocycles. The van der Waals surface area contributed by atoms with Gasteiger partial charge in [-0.2, -0.15) is 0 Å². The van der Waals surface area contributed by atoms with Crippen LogP contribution in [0, 0.1) is 13.8 Å². The molecule has 0 spiro atoms. The van der Waals surface area contributed by atoms with E-state index in [1.165, 1.54) is 0 Å². The molecule has 0 unspecified atom stereocenters. The molecule has 1 amide bonds. The molecule has 128 valence electrons. The van der Waals surface area contributed by atoms with Gasteiger partial charge in [-0.3, -0.25) is 4.79 Å². The zero-order valence-corrected chi connectivity index (χ0v) is 14.7. The summed E-state index contributed by atoms with van der Waals surface area (Å²) < 4.78 is 5.61. The molecule has 0 fully saturated rings. The SMILES string of the molecule is CCc1cccc(C)c1NC(=O)COc1nc2ccccc2nc1C. The summed E-state index contributed by atoms with van der Waals surface area (Å²) in [7, 11) is 0. The first-order valence-electron chi connectivity index (χ1n) is 8.33. The number of ether oxygens (including phenoxy) is 1. The maximum atomic E-state index is 12.3. The molecule has 25 heavy (non-hydrogen) atoms. The second-order valence-electron chi connectivity index (χ2n) is 5.90. The molecule has 5 heteroatoms. The number of aryl methyl sites for hydroxylation is 3. The van der Waals surface area contributed by atoms with Crippen LogP contribution in [0.2, 0.25) is 0 Å². The van der Waals surface area contributed by atoms with E-state index < -0.39 is 0 Å². The maximum Gasteiger partial charge on any atom is 0.262 e. The Bertz CT molecular complexity index is 922. The quantitative estimate of drug-likeness (QED) is 0.770. The predicted octanol–water partition coefficient (Wildman–Crippen LogP) is 3.83.